The van der Waals surface area contributed by atoms with Crippen molar-refractivity contribution in [2.24, 2.45) is 0 Å². The molecule has 1 N–H and O–H groups in total. The van der Waals surface area contributed by atoms with Crippen molar-refractivity contribution in [3.05, 3.63) is 58.8 Å². The van der Waals surface area contributed by atoms with Crippen molar-refractivity contribution in [3.8, 4) is 11.3 Å². The maximum absolute atomic E-state index is 11.6. The molecule has 0 unspecified atom stereocenters. The summed E-state index contributed by atoms with van der Waals surface area (Å²) in [6.45, 7) is 1.77. The number of aromatic nitrogens is 3. The lowest BCUT2D eigenvalue weighted by Crippen LogP contribution is -2.11. The van der Waals surface area contributed by atoms with E-state index in [0.29, 0.717) is 11.3 Å². The number of H-pyrrole nitrogens is 1. The maximum Gasteiger partial charge on any atom is 0.254 e. The number of hydrogen-bond acceptors (Lipinski definition) is 3. The lowest BCUT2D eigenvalue weighted by Gasteiger charge is -2.07. The van der Waals surface area contributed by atoms with Crippen molar-refractivity contribution in [2.45, 2.75) is 6.92 Å². The third-order valence-corrected chi connectivity index (χ3v) is 2.99. The third-order valence-electron chi connectivity index (χ3n) is 2.99. The molecule has 0 spiro atoms. The lowest BCUT2D eigenvalue weighted by atomic mass is 10.0. The van der Waals surface area contributed by atoms with Crippen LogP contribution in [0.1, 0.15) is 5.56 Å². The Morgan fingerprint density at radius 3 is 2.89 bits per heavy atom. The van der Waals surface area contributed by atoms with E-state index in [0.717, 1.165) is 16.5 Å². The quantitative estimate of drug-likeness (QED) is 0.706. The molecule has 18 heavy (non-hydrogen) atoms. The highest BCUT2D eigenvalue weighted by atomic mass is 16.1. The molecule has 3 rings (SSSR count). The molecule has 0 fully saturated rings. The van der Waals surface area contributed by atoms with Crippen LogP contribution in [-0.2, 0) is 0 Å². The van der Waals surface area contributed by atoms with Crippen molar-refractivity contribution < 1.29 is 0 Å². The molecule has 1 aromatic carbocycles. The molecule has 0 bridgehead atoms. The van der Waals surface area contributed by atoms with Crippen molar-refractivity contribution in [1.82, 2.24) is 15.0 Å². The number of rotatable bonds is 1. The van der Waals surface area contributed by atoms with Crippen LogP contribution in [0.2, 0.25) is 0 Å². The average Bonchev–Trinajstić information content (AvgIpc) is 2.41. The van der Waals surface area contributed by atoms with E-state index in [1.165, 1.54) is 6.33 Å². The van der Waals surface area contributed by atoms with Crippen LogP contribution in [0, 0.1) is 6.92 Å². The summed E-state index contributed by atoms with van der Waals surface area (Å²) in [5, 5.41) is 1.00. The van der Waals surface area contributed by atoms with Crippen LogP contribution < -0.4 is 5.56 Å². The number of nitrogens with one attached hydrogen (secondary N) is 1. The molecule has 2 heterocycles. The number of benzene rings is 1. The van der Waals surface area contributed by atoms with Gasteiger partial charge in [0.1, 0.15) is 0 Å². The number of nitrogens with zero attached hydrogens (tertiary/aromatic N) is 2. The van der Waals surface area contributed by atoms with Crippen LogP contribution in [0.3, 0.4) is 0 Å². The normalized spacial score (nSPS) is 10.7. The highest BCUT2D eigenvalue weighted by molar-refractivity contribution is 5.93. The van der Waals surface area contributed by atoms with Crippen LogP contribution in [0.25, 0.3) is 22.2 Å². The van der Waals surface area contributed by atoms with Gasteiger partial charge in [-0.2, -0.15) is 0 Å². The molecular formula is C14H11N3O. The van der Waals surface area contributed by atoms with Gasteiger partial charge in [0, 0.05) is 22.7 Å². The number of hydrogen-bond donors (Lipinski definition) is 1. The standard InChI is InChI=1S/C14H11N3O/c1-9-13(16-8-17-14(9)18)11-4-2-6-12-10(11)5-3-7-15-12/h2-8H,1H3,(H,16,17,18). The fraction of sp³-hybridized carbons (Fsp3) is 0.0714. The predicted molar refractivity (Wildman–Crippen MR) is 70.3 cm³/mol. The van der Waals surface area contributed by atoms with Crippen molar-refractivity contribution >= 4 is 10.9 Å². The van der Waals surface area contributed by atoms with Gasteiger partial charge in [0.05, 0.1) is 17.5 Å². The molecule has 2 aromatic heterocycles. The van der Waals surface area contributed by atoms with E-state index in [-0.39, 0.29) is 5.56 Å². The zero-order chi connectivity index (χ0) is 12.5. The summed E-state index contributed by atoms with van der Waals surface area (Å²) in [6.07, 6.45) is 3.18. The molecule has 4 heteroatoms. The Bertz CT molecular complexity index is 772. The van der Waals surface area contributed by atoms with Gasteiger partial charge in [-0.1, -0.05) is 18.2 Å². The van der Waals surface area contributed by atoms with Gasteiger partial charge in [0.2, 0.25) is 0 Å². The Kier molecular flexibility index (Phi) is 2.41. The fourth-order valence-electron chi connectivity index (χ4n) is 2.05. The second kappa shape index (κ2) is 4.07. The van der Waals surface area contributed by atoms with E-state index in [1.54, 1.807) is 13.1 Å². The highest BCUT2D eigenvalue weighted by Gasteiger charge is 2.09. The first-order valence-electron chi connectivity index (χ1n) is 5.66. The molecule has 88 valence electrons. The fourth-order valence-corrected chi connectivity index (χ4v) is 2.05. The summed E-state index contributed by atoms with van der Waals surface area (Å²) >= 11 is 0. The Morgan fingerprint density at radius 2 is 2.00 bits per heavy atom. The summed E-state index contributed by atoms with van der Waals surface area (Å²) in [5.41, 5.74) is 3.05. The third kappa shape index (κ3) is 1.59. The van der Waals surface area contributed by atoms with Crippen LogP contribution in [0.5, 0.6) is 0 Å². The zero-order valence-corrected chi connectivity index (χ0v) is 9.84. The summed E-state index contributed by atoms with van der Waals surface area (Å²) in [5.74, 6) is 0. The minimum absolute atomic E-state index is 0.110. The first kappa shape index (κ1) is 10.7. The predicted octanol–water partition coefficient (Wildman–Crippen LogP) is 2.29. The summed E-state index contributed by atoms with van der Waals surface area (Å²) < 4.78 is 0. The van der Waals surface area contributed by atoms with E-state index in [2.05, 4.69) is 15.0 Å². The minimum Gasteiger partial charge on any atom is -0.313 e. The van der Waals surface area contributed by atoms with Gasteiger partial charge >= 0.3 is 0 Å². The molecule has 3 aromatic rings. The summed E-state index contributed by atoms with van der Waals surface area (Å²) in [4.78, 5) is 22.8. The Balaban J connectivity index is 2.39. The molecule has 0 aliphatic heterocycles. The molecule has 0 atom stereocenters. The molecule has 0 aliphatic rings. The van der Waals surface area contributed by atoms with E-state index in [4.69, 9.17) is 0 Å². The van der Waals surface area contributed by atoms with E-state index < -0.39 is 0 Å². The molecule has 0 aliphatic carbocycles. The van der Waals surface area contributed by atoms with Crippen molar-refractivity contribution in [1.29, 1.82) is 0 Å². The number of aromatic amines is 1. The monoisotopic (exact) mass is 237 g/mol. The van der Waals surface area contributed by atoms with Crippen molar-refractivity contribution in [3.63, 3.8) is 0 Å². The molecule has 0 saturated carbocycles. The van der Waals surface area contributed by atoms with Gasteiger partial charge in [-0.3, -0.25) is 9.78 Å². The molecule has 0 radical (unpaired) electrons. The second-order valence-electron chi connectivity index (χ2n) is 4.08. The zero-order valence-electron chi connectivity index (χ0n) is 9.84. The van der Waals surface area contributed by atoms with Gasteiger partial charge < -0.3 is 4.98 Å². The van der Waals surface area contributed by atoms with Gasteiger partial charge in [-0.25, -0.2) is 4.98 Å². The van der Waals surface area contributed by atoms with Crippen LogP contribution in [-0.4, -0.2) is 15.0 Å². The van der Waals surface area contributed by atoms with Gasteiger partial charge in [0.15, 0.2) is 0 Å². The first-order valence-corrected chi connectivity index (χ1v) is 5.66. The topological polar surface area (TPSA) is 58.6 Å². The Labute approximate surface area is 103 Å². The Hall–Kier alpha value is -2.49. The number of pyridine rings is 1. The second-order valence-corrected chi connectivity index (χ2v) is 4.08. The molecule has 0 saturated heterocycles. The van der Waals surface area contributed by atoms with Gasteiger partial charge in [-0.15, -0.1) is 0 Å². The van der Waals surface area contributed by atoms with Crippen molar-refractivity contribution in [2.75, 3.05) is 0 Å². The largest absolute Gasteiger partial charge is 0.313 e. The average molecular weight is 237 g/mol. The molecule has 4 nitrogen and oxygen atoms in total. The van der Waals surface area contributed by atoms with Gasteiger partial charge in [-0.05, 0) is 19.1 Å². The first-order chi connectivity index (χ1) is 8.77. The van der Waals surface area contributed by atoms with Gasteiger partial charge in [0.25, 0.3) is 5.56 Å². The van der Waals surface area contributed by atoms with E-state index in [1.807, 2.05) is 30.3 Å². The lowest BCUT2D eigenvalue weighted by molar-refractivity contribution is 1.08. The Morgan fingerprint density at radius 1 is 1.11 bits per heavy atom. The molecular weight excluding hydrogens is 226 g/mol. The van der Waals surface area contributed by atoms with E-state index in [9.17, 15) is 4.79 Å². The summed E-state index contributed by atoms with van der Waals surface area (Å²) in [7, 11) is 0. The smallest absolute Gasteiger partial charge is 0.254 e. The van der Waals surface area contributed by atoms with Crippen LogP contribution >= 0.6 is 0 Å². The highest BCUT2D eigenvalue weighted by Crippen LogP contribution is 2.26. The maximum atomic E-state index is 11.6. The summed E-state index contributed by atoms with van der Waals surface area (Å²) in [6, 6.07) is 9.70. The van der Waals surface area contributed by atoms with E-state index >= 15 is 0 Å². The van der Waals surface area contributed by atoms with Crippen LogP contribution in [0.4, 0.5) is 0 Å². The van der Waals surface area contributed by atoms with Crippen LogP contribution in [0.15, 0.2) is 47.7 Å². The SMILES string of the molecule is Cc1c(-c2cccc3ncccc23)nc[nH]c1=O. The molecule has 0 amide bonds. The minimum atomic E-state index is -0.110. The number of fused-ring (bicyclic) bond motifs is 1.